The molecule has 6 nitrogen and oxygen atoms in total. The molecule has 0 spiro atoms. The molecule has 7 heteroatoms. The summed E-state index contributed by atoms with van der Waals surface area (Å²) in [6.07, 6.45) is 1.73. The maximum atomic E-state index is 13.1. The van der Waals surface area contributed by atoms with Gasteiger partial charge in [0.1, 0.15) is 11.5 Å². The van der Waals surface area contributed by atoms with Crippen LogP contribution in [0.1, 0.15) is 50.2 Å². The van der Waals surface area contributed by atoms with Gasteiger partial charge in [-0.1, -0.05) is 51.1 Å². The summed E-state index contributed by atoms with van der Waals surface area (Å²) >= 11 is 0. The van der Waals surface area contributed by atoms with Crippen LogP contribution in [0.4, 0.5) is 10.6 Å². The van der Waals surface area contributed by atoms with Crippen LogP contribution >= 0.6 is 12.4 Å². The molecule has 0 saturated heterocycles. The standard InChI is InChI=1S/C20H25N5O.ClH/c1-4-10-24-19-16(22-17(23-19)13(2)3)18-21-15(12-25(18)20(24)26)11-14-8-6-5-7-9-14;/h5-9,13,15H,4,10-12H2,1-3H3,(H,22,23);1H/t15-;/m1./s1. The van der Waals surface area contributed by atoms with E-state index in [2.05, 4.69) is 37.9 Å². The number of amides is 2. The van der Waals surface area contributed by atoms with Crippen LogP contribution in [0.15, 0.2) is 35.3 Å². The maximum absolute atomic E-state index is 13.1. The van der Waals surface area contributed by atoms with E-state index in [4.69, 9.17) is 9.98 Å². The number of aromatic nitrogens is 2. The number of amidine groups is 1. The molecule has 0 fully saturated rings. The Hall–Kier alpha value is -2.34. The lowest BCUT2D eigenvalue weighted by molar-refractivity contribution is 0.226. The first-order valence-corrected chi connectivity index (χ1v) is 9.39. The fourth-order valence-corrected chi connectivity index (χ4v) is 3.61. The Labute approximate surface area is 166 Å². The fraction of sp³-hybridized carbons (Fsp3) is 0.450. The van der Waals surface area contributed by atoms with Gasteiger partial charge >= 0.3 is 6.03 Å². The number of nitrogens with zero attached hydrogens (tertiary/aromatic N) is 4. The Morgan fingerprint density at radius 1 is 1.26 bits per heavy atom. The number of nitrogens with one attached hydrogen (secondary N) is 1. The predicted octanol–water partition coefficient (Wildman–Crippen LogP) is 3.98. The van der Waals surface area contributed by atoms with Crippen molar-refractivity contribution in [2.45, 2.75) is 45.6 Å². The first-order valence-electron chi connectivity index (χ1n) is 9.39. The zero-order valence-corrected chi connectivity index (χ0v) is 16.8. The minimum Gasteiger partial charge on any atom is -0.337 e. The van der Waals surface area contributed by atoms with Crippen molar-refractivity contribution in [2.75, 3.05) is 18.0 Å². The second-order valence-corrected chi connectivity index (χ2v) is 7.32. The molecule has 1 N–H and O–H groups in total. The van der Waals surface area contributed by atoms with Crippen molar-refractivity contribution in [1.29, 1.82) is 0 Å². The van der Waals surface area contributed by atoms with Crippen molar-refractivity contribution < 1.29 is 4.79 Å². The number of carbonyl (C=O) groups excluding carboxylic acids is 1. The number of carbonyl (C=O) groups is 1. The van der Waals surface area contributed by atoms with Gasteiger partial charge in [0.05, 0.1) is 12.6 Å². The van der Waals surface area contributed by atoms with Crippen LogP contribution in [0, 0.1) is 0 Å². The molecule has 2 aromatic rings. The molecule has 0 bridgehead atoms. The molecule has 1 aromatic carbocycles. The first-order chi connectivity index (χ1) is 12.6. The summed E-state index contributed by atoms with van der Waals surface area (Å²) in [4.78, 5) is 29.7. The summed E-state index contributed by atoms with van der Waals surface area (Å²) in [6.45, 7) is 7.57. The molecule has 1 aromatic heterocycles. The summed E-state index contributed by atoms with van der Waals surface area (Å²) in [6, 6.07) is 10.4. The molecule has 27 heavy (non-hydrogen) atoms. The van der Waals surface area contributed by atoms with E-state index in [0.717, 1.165) is 36.0 Å². The number of hydrogen-bond donors (Lipinski definition) is 1. The Balaban J connectivity index is 0.00000210. The average molecular weight is 388 g/mol. The largest absolute Gasteiger partial charge is 0.337 e. The van der Waals surface area contributed by atoms with Gasteiger partial charge in [0.2, 0.25) is 0 Å². The van der Waals surface area contributed by atoms with Crippen LogP contribution in [-0.2, 0) is 6.42 Å². The molecule has 0 aliphatic carbocycles. The summed E-state index contributed by atoms with van der Waals surface area (Å²) in [5, 5.41) is 0. The zero-order chi connectivity index (χ0) is 18.3. The number of aromatic amines is 1. The summed E-state index contributed by atoms with van der Waals surface area (Å²) < 4.78 is 0. The molecule has 2 aliphatic heterocycles. The van der Waals surface area contributed by atoms with E-state index in [0.29, 0.717) is 13.1 Å². The zero-order valence-electron chi connectivity index (χ0n) is 16.0. The van der Waals surface area contributed by atoms with Crippen molar-refractivity contribution in [2.24, 2.45) is 4.99 Å². The van der Waals surface area contributed by atoms with E-state index < -0.39 is 0 Å². The Bertz CT molecular complexity index is 845. The number of anilines is 1. The molecule has 0 unspecified atom stereocenters. The van der Waals surface area contributed by atoms with Crippen molar-refractivity contribution in [3.63, 3.8) is 0 Å². The molecule has 4 rings (SSSR count). The molecular formula is C20H26ClN5O. The SMILES string of the molecule is CCCN1C(=O)N2C[C@@H](Cc3ccccc3)N=C2c2[nH]c(C(C)C)nc21.Cl. The minimum absolute atomic E-state index is 0. The third kappa shape index (κ3) is 3.46. The molecule has 0 saturated carbocycles. The van der Waals surface area contributed by atoms with Crippen molar-refractivity contribution in [3.05, 3.63) is 47.4 Å². The predicted molar refractivity (Wildman–Crippen MR) is 110 cm³/mol. The van der Waals surface area contributed by atoms with E-state index >= 15 is 0 Å². The number of urea groups is 1. The highest BCUT2D eigenvalue weighted by Gasteiger charge is 2.42. The van der Waals surface area contributed by atoms with Gasteiger partial charge in [-0.25, -0.2) is 9.78 Å². The van der Waals surface area contributed by atoms with Crippen molar-refractivity contribution in [3.8, 4) is 0 Å². The number of hydrogen-bond acceptors (Lipinski definition) is 3. The number of fused-ring (bicyclic) bond motifs is 3. The lowest BCUT2D eigenvalue weighted by atomic mass is 10.1. The third-order valence-corrected chi connectivity index (χ3v) is 4.91. The topological polar surface area (TPSA) is 64.6 Å². The van der Waals surface area contributed by atoms with Crippen molar-refractivity contribution >= 4 is 30.1 Å². The Morgan fingerprint density at radius 2 is 2.00 bits per heavy atom. The molecule has 0 radical (unpaired) electrons. The molecule has 3 heterocycles. The lowest BCUT2D eigenvalue weighted by Gasteiger charge is -2.32. The normalized spacial score (nSPS) is 18.3. The average Bonchev–Trinajstić information content (AvgIpc) is 3.24. The number of H-pyrrole nitrogens is 1. The fourth-order valence-electron chi connectivity index (χ4n) is 3.61. The number of rotatable bonds is 5. The van der Waals surface area contributed by atoms with Crippen molar-refractivity contribution in [1.82, 2.24) is 14.9 Å². The van der Waals surface area contributed by atoms with Crippen LogP contribution in [0.3, 0.4) is 0 Å². The van der Waals surface area contributed by atoms with Gasteiger partial charge < -0.3 is 4.98 Å². The summed E-state index contributed by atoms with van der Waals surface area (Å²) in [5.41, 5.74) is 2.13. The quantitative estimate of drug-likeness (QED) is 0.843. The number of imidazole rings is 1. The highest BCUT2D eigenvalue weighted by molar-refractivity contribution is 6.18. The van der Waals surface area contributed by atoms with Gasteiger partial charge in [-0.05, 0) is 18.4 Å². The van der Waals surface area contributed by atoms with Gasteiger partial charge in [-0.15, -0.1) is 12.4 Å². The molecule has 2 amide bonds. The second-order valence-electron chi connectivity index (χ2n) is 7.32. The van der Waals surface area contributed by atoms with E-state index in [1.807, 2.05) is 23.1 Å². The van der Waals surface area contributed by atoms with Crippen LogP contribution < -0.4 is 4.90 Å². The summed E-state index contributed by atoms with van der Waals surface area (Å²) in [7, 11) is 0. The van der Waals surface area contributed by atoms with E-state index in [9.17, 15) is 4.79 Å². The monoisotopic (exact) mass is 387 g/mol. The van der Waals surface area contributed by atoms with Gasteiger partial charge in [0.15, 0.2) is 11.7 Å². The second kappa shape index (κ2) is 7.72. The Kier molecular flexibility index (Phi) is 5.56. The molecule has 1 atom stereocenters. The van der Waals surface area contributed by atoms with E-state index in [1.54, 1.807) is 4.90 Å². The van der Waals surface area contributed by atoms with Crippen LogP contribution in [-0.4, -0.2) is 45.9 Å². The highest BCUT2D eigenvalue weighted by Crippen LogP contribution is 2.32. The molecular weight excluding hydrogens is 362 g/mol. The number of benzene rings is 1. The van der Waals surface area contributed by atoms with Crippen LogP contribution in [0.5, 0.6) is 0 Å². The van der Waals surface area contributed by atoms with Gasteiger partial charge in [-0.3, -0.25) is 14.8 Å². The van der Waals surface area contributed by atoms with Gasteiger partial charge in [0, 0.05) is 12.5 Å². The van der Waals surface area contributed by atoms with E-state index in [1.165, 1.54) is 5.56 Å². The van der Waals surface area contributed by atoms with Crippen LogP contribution in [0.25, 0.3) is 0 Å². The van der Waals surface area contributed by atoms with E-state index in [-0.39, 0.29) is 30.4 Å². The smallest absolute Gasteiger partial charge is 0.331 e. The molecule has 144 valence electrons. The molecule has 2 aliphatic rings. The lowest BCUT2D eigenvalue weighted by Crippen LogP contribution is -2.50. The number of halogens is 1. The van der Waals surface area contributed by atoms with Gasteiger partial charge in [0.25, 0.3) is 0 Å². The first kappa shape index (κ1) is 19.4. The minimum atomic E-state index is -0.00420. The number of aliphatic imine (C=N–C) groups is 1. The maximum Gasteiger partial charge on any atom is 0.331 e. The Morgan fingerprint density at radius 3 is 2.67 bits per heavy atom. The van der Waals surface area contributed by atoms with Gasteiger partial charge in [-0.2, -0.15) is 0 Å². The van der Waals surface area contributed by atoms with Crippen LogP contribution in [0.2, 0.25) is 0 Å². The summed E-state index contributed by atoms with van der Waals surface area (Å²) in [5.74, 6) is 2.66. The third-order valence-electron chi connectivity index (χ3n) is 4.91. The highest BCUT2D eigenvalue weighted by atomic mass is 35.5.